The van der Waals surface area contributed by atoms with E-state index in [2.05, 4.69) is 21.3 Å². The molecule has 14 N–H and O–H groups in total. The fraction of sp³-hybridized carbons (Fsp3) is 0.906. The molecule has 0 spiro atoms. The first-order valence-corrected chi connectivity index (χ1v) is 29.9. The number of aliphatic hydroxyl groups excluding tert-OH is 9. The summed E-state index contributed by atoms with van der Waals surface area (Å²) in [6.07, 6.45) is -12.0. The Balaban J connectivity index is 0.0000224. The van der Waals surface area contributed by atoms with E-state index in [9.17, 15) is 79.4 Å². The van der Waals surface area contributed by atoms with Crippen LogP contribution in [0, 0.1) is 17.8 Å². The Morgan fingerprint density at radius 3 is 1.25 bits per heavy atom. The zero-order valence-corrected chi connectivity index (χ0v) is 48.0. The number of ketones is 1. The maximum Gasteiger partial charge on any atom is 0.330 e. The number of unbranched alkanes of at least 4 members (excludes halogenated alkanes) is 1. The van der Waals surface area contributed by atoms with Crippen LogP contribution in [0.2, 0.25) is 0 Å². The summed E-state index contributed by atoms with van der Waals surface area (Å²) in [5, 5.41) is 102. The molecule has 4 amide bonds. The number of hydrogen-bond donors (Lipinski definition) is 14. The SMILES string of the molecule is C.CC1[C@H](OCCCCC(=O)CCC(CCC(=O)NCCCO[C@@H]2OC(CO)[C@H](O)[C@H](O)C2C)(CCC(=O)NCCCO[C@@H]2OC(CO)[C@H](O)[C@H](O)C2C)NC(=O)CCCC(=O)NCCCOP(=O)(O)C(C)C)OC(CO)[C@H](O)[C@@H]1O. The van der Waals surface area contributed by atoms with Crippen molar-refractivity contribution in [3.05, 3.63) is 0 Å². The molecule has 3 aliphatic heterocycles. The van der Waals surface area contributed by atoms with Gasteiger partial charge >= 0.3 is 7.60 Å². The van der Waals surface area contributed by atoms with Crippen LogP contribution in [0.25, 0.3) is 0 Å². The molecule has 7 unspecified atom stereocenters. The van der Waals surface area contributed by atoms with E-state index >= 15 is 0 Å². The van der Waals surface area contributed by atoms with Crippen LogP contribution in [-0.4, -0.2) is 231 Å². The van der Waals surface area contributed by atoms with Crippen LogP contribution in [0.1, 0.15) is 138 Å². The molecule has 0 aromatic carbocycles. The molecule has 3 rings (SSSR count). The summed E-state index contributed by atoms with van der Waals surface area (Å²) in [5.41, 5.74) is -1.88. The summed E-state index contributed by atoms with van der Waals surface area (Å²) in [6.45, 7) is 7.12. The molecule has 474 valence electrons. The van der Waals surface area contributed by atoms with Gasteiger partial charge in [0.2, 0.25) is 23.6 Å². The highest BCUT2D eigenvalue weighted by Gasteiger charge is 2.45. The van der Waals surface area contributed by atoms with Crippen molar-refractivity contribution in [2.45, 2.75) is 223 Å². The molecule has 3 aliphatic rings. The predicted molar refractivity (Wildman–Crippen MR) is 290 cm³/mol. The van der Waals surface area contributed by atoms with Crippen LogP contribution in [0.3, 0.4) is 0 Å². The van der Waals surface area contributed by atoms with Gasteiger partial charge in [0.1, 0.15) is 42.4 Å². The third-order valence-electron chi connectivity index (χ3n) is 14.9. The molecule has 0 radical (unpaired) electrons. The van der Waals surface area contributed by atoms with E-state index in [-0.39, 0.29) is 136 Å². The van der Waals surface area contributed by atoms with Gasteiger partial charge in [-0.15, -0.1) is 0 Å². The van der Waals surface area contributed by atoms with Crippen molar-refractivity contribution >= 4 is 37.0 Å². The summed E-state index contributed by atoms with van der Waals surface area (Å²) >= 11 is 0. The number of Topliss-reactive ketones (excluding diaryl/α,β-unsaturated/α-hetero) is 1. The van der Waals surface area contributed by atoms with Crippen molar-refractivity contribution in [3.8, 4) is 0 Å². The van der Waals surface area contributed by atoms with Crippen LogP contribution in [0.15, 0.2) is 0 Å². The number of carbonyl (C=O) groups is 5. The van der Waals surface area contributed by atoms with Gasteiger partial charge < -0.3 is 105 Å². The van der Waals surface area contributed by atoms with Gasteiger partial charge in [-0.3, -0.25) is 28.5 Å². The van der Waals surface area contributed by atoms with Crippen molar-refractivity contribution in [1.82, 2.24) is 21.3 Å². The molecule has 0 aromatic heterocycles. The summed E-state index contributed by atoms with van der Waals surface area (Å²) < 4.78 is 51.3. The van der Waals surface area contributed by atoms with Crippen molar-refractivity contribution < 1.29 is 112 Å². The number of amides is 4. The summed E-state index contributed by atoms with van der Waals surface area (Å²) in [7, 11) is -3.77. The monoisotopic (exact) mass is 1190 g/mol. The van der Waals surface area contributed by atoms with E-state index in [0.717, 1.165) is 0 Å². The Morgan fingerprint density at radius 2 is 0.852 bits per heavy atom. The van der Waals surface area contributed by atoms with Crippen LogP contribution in [-0.2, 0) is 61.5 Å². The lowest BCUT2D eigenvalue weighted by Gasteiger charge is -2.40. The standard InChI is InChI=1S/C52H95N4O23P.CH4/c1-31(2)80(71,72)76-27-11-23-53-39(61)13-8-14-42(64)56-52(18-15-35(60)12-6-7-24-73-49-32(3)43(65)46(68)36(28-57)77-49,19-16-40(62)54-21-9-25-74-50-33(4)44(66)47(69)37(29-58)78-50)20-17-41(63)55-22-10-26-75-51-34(5)45(67)48(70)38(30-59)79-51;/h31-34,36-38,43-51,57-59,65-70H,6-30H2,1-5H3,(H,53,61)(H,54,62)(H,55,63)(H,56,64)(H,71,72);1H4/t32?,33?,34?,36?,37?,38?,43-,44-,45-,46+,47+,48+,49-,50-,51-,52?;/m1./s1. The quantitative estimate of drug-likeness (QED) is 0.0263. The van der Waals surface area contributed by atoms with Crippen LogP contribution in [0.5, 0.6) is 0 Å². The molecule has 3 heterocycles. The molecule has 28 heteroatoms. The molecule has 3 saturated heterocycles. The van der Waals surface area contributed by atoms with E-state index < -0.39 is 148 Å². The van der Waals surface area contributed by atoms with Crippen molar-refractivity contribution in [2.24, 2.45) is 17.8 Å². The predicted octanol–water partition coefficient (Wildman–Crippen LogP) is -0.868. The Kier molecular flexibility index (Phi) is 35.0. The Bertz CT molecular complexity index is 1740. The minimum atomic E-state index is -3.77. The average molecular weight is 1190 g/mol. The van der Waals surface area contributed by atoms with Gasteiger partial charge in [-0.1, -0.05) is 42.0 Å². The van der Waals surface area contributed by atoms with E-state index in [1.807, 2.05) is 0 Å². The maximum atomic E-state index is 13.9. The fourth-order valence-electron chi connectivity index (χ4n) is 9.30. The maximum absolute atomic E-state index is 13.9. The molecule has 0 saturated carbocycles. The molecule has 16 atom stereocenters. The lowest BCUT2D eigenvalue weighted by atomic mass is 9.82. The van der Waals surface area contributed by atoms with E-state index in [0.29, 0.717) is 25.7 Å². The van der Waals surface area contributed by atoms with Gasteiger partial charge in [-0.05, 0) is 57.8 Å². The molecular weight excluding hydrogens is 1090 g/mol. The Labute approximate surface area is 476 Å². The Morgan fingerprint density at radius 1 is 0.494 bits per heavy atom. The summed E-state index contributed by atoms with van der Waals surface area (Å²) in [4.78, 5) is 76.9. The highest BCUT2D eigenvalue weighted by atomic mass is 31.2. The lowest BCUT2D eigenvalue weighted by molar-refractivity contribution is -0.282. The van der Waals surface area contributed by atoms with Gasteiger partial charge in [0.05, 0.1) is 63.6 Å². The second-order valence-electron chi connectivity index (χ2n) is 21.6. The molecule has 81 heavy (non-hydrogen) atoms. The molecule has 0 aromatic rings. The molecular formula is C53H99N4O23P. The molecule has 0 aliphatic carbocycles. The lowest BCUT2D eigenvalue weighted by Crippen LogP contribution is -2.55. The third-order valence-corrected chi connectivity index (χ3v) is 16.7. The molecule has 3 fully saturated rings. The first-order chi connectivity index (χ1) is 37.9. The van der Waals surface area contributed by atoms with E-state index in [4.69, 9.17) is 32.9 Å². The third kappa shape index (κ3) is 25.3. The normalized spacial score (nSPS) is 30.1. The second kappa shape index (κ2) is 38.2. The van der Waals surface area contributed by atoms with Crippen molar-refractivity contribution in [3.63, 3.8) is 0 Å². The van der Waals surface area contributed by atoms with Gasteiger partial charge in [0, 0.05) is 88.1 Å². The number of ether oxygens (including phenoxy) is 6. The molecule has 27 nitrogen and oxygen atoms in total. The first kappa shape index (κ1) is 74.2. The second-order valence-corrected chi connectivity index (χ2v) is 24.0. The largest absolute Gasteiger partial charge is 0.394 e. The van der Waals surface area contributed by atoms with E-state index in [1.165, 1.54) is 0 Å². The zero-order chi connectivity index (χ0) is 59.6. The van der Waals surface area contributed by atoms with Crippen LogP contribution in [0.4, 0.5) is 0 Å². The van der Waals surface area contributed by atoms with Gasteiger partial charge in [-0.25, -0.2) is 0 Å². The average Bonchev–Trinajstić information content (AvgIpc) is 3.48. The number of rotatable bonds is 39. The number of hydrogen-bond acceptors (Lipinski definition) is 22. The number of aliphatic hydroxyl groups is 9. The first-order valence-electron chi connectivity index (χ1n) is 28.2. The Hall–Kier alpha value is -2.90. The summed E-state index contributed by atoms with van der Waals surface area (Å²) in [5.74, 6) is -3.72. The topological polar surface area (TPSA) is 417 Å². The summed E-state index contributed by atoms with van der Waals surface area (Å²) in [6, 6.07) is 0. The smallest absolute Gasteiger partial charge is 0.330 e. The van der Waals surface area contributed by atoms with E-state index in [1.54, 1.807) is 34.6 Å². The van der Waals surface area contributed by atoms with Crippen LogP contribution < -0.4 is 21.3 Å². The van der Waals surface area contributed by atoms with Gasteiger partial charge in [0.15, 0.2) is 18.9 Å². The van der Waals surface area contributed by atoms with Crippen molar-refractivity contribution in [1.29, 1.82) is 0 Å². The fourth-order valence-corrected chi connectivity index (χ4v) is 9.99. The van der Waals surface area contributed by atoms with Crippen molar-refractivity contribution in [2.75, 3.05) is 65.9 Å². The minimum absolute atomic E-state index is 0. The minimum Gasteiger partial charge on any atom is -0.394 e. The number of carbonyl (C=O) groups excluding carboxylic acids is 5. The van der Waals surface area contributed by atoms with Crippen LogP contribution >= 0.6 is 7.60 Å². The molecule has 0 bridgehead atoms. The highest BCUT2D eigenvalue weighted by molar-refractivity contribution is 7.53. The zero-order valence-electron chi connectivity index (χ0n) is 47.1. The van der Waals surface area contributed by atoms with Gasteiger partial charge in [-0.2, -0.15) is 0 Å². The highest BCUT2D eigenvalue weighted by Crippen LogP contribution is 2.47. The van der Waals surface area contributed by atoms with Gasteiger partial charge in [0.25, 0.3) is 0 Å². The number of nitrogens with one attached hydrogen (secondary N) is 4.